The van der Waals surface area contributed by atoms with Gasteiger partial charge in [0.15, 0.2) is 11.5 Å². The van der Waals surface area contributed by atoms with Gasteiger partial charge < -0.3 is 9.47 Å². The van der Waals surface area contributed by atoms with Crippen molar-refractivity contribution in [1.82, 2.24) is 4.98 Å². The molecule has 0 N–H and O–H groups in total. The Kier molecular flexibility index (Phi) is 4.12. The van der Waals surface area contributed by atoms with Gasteiger partial charge in [0.25, 0.3) is 0 Å². The lowest BCUT2D eigenvalue weighted by molar-refractivity contribution is -0.120. The lowest BCUT2D eigenvalue weighted by Gasteiger charge is -2.15. The highest BCUT2D eigenvalue weighted by molar-refractivity contribution is 5.94. The highest BCUT2D eigenvalue weighted by atomic mass is 16.7. The smallest absolute Gasteiger partial charge is 0.231 e. The van der Waals surface area contributed by atoms with Crippen LogP contribution in [0.4, 0.5) is 0 Å². The lowest BCUT2D eigenvalue weighted by Crippen LogP contribution is -2.22. The highest BCUT2D eigenvalue weighted by Gasteiger charge is 2.50. The fourth-order valence-corrected chi connectivity index (χ4v) is 3.94. The van der Waals surface area contributed by atoms with E-state index >= 15 is 0 Å². The molecule has 1 aliphatic heterocycles. The predicted molar refractivity (Wildman–Crippen MR) is 106 cm³/mol. The summed E-state index contributed by atoms with van der Waals surface area (Å²) in [5.74, 6) is 1.76. The zero-order valence-electron chi connectivity index (χ0n) is 15.6. The normalized spacial score (nSPS) is 16.0. The zero-order valence-corrected chi connectivity index (χ0v) is 15.6. The van der Waals surface area contributed by atoms with Crippen molar-refractivity contribution in [3.8, 4) is 11.5 Å². The van der Waals surface area contributed by atoms with Crippen molar-refractivity contribution in [1.29, 1.82) is 0 Å². The summed E-state index contributed by atoms with van der Waals surface area (Å²) in [4.78, 5) is 17.6. The van der Waals surface area contributed by atoms with E-state index in [-0.39, 0.29) is 18.0 Å². The zero-order chi connectivity index (χ0) is 19.0. The molecule has 0 amide bonds. The van der Waals surface area contributed by atoms with Gasteiger partial charge in [-0.15, -0.1) is 0 Å². The van der Waals surface area contributed by atoms with Gasteiger partial charge in [0.05, 0.1) is 5.41 Å². The molecule has 1 aliphatic carbocycles. The van der Waals surface area contributed by atoms with Crippen molar-refractivity contribution >= 4 is 5.78 Å². The maximum atomic E-state index is 13.2. The van der Waals surface area contributed by atoms with E-state index in [4.69, 9.17) is 9.47 Å². The summed E-state index contributed by atoms with van der Waals surface area (Å²) in [6, 6.07) is 20.2. The summed E-state index contributed by atoms with van der Waals surface area (Å²) in [7, 11) is 0. The number of aromatic nitrogens is 1. The molecular formula is C24H21NO3. The molecule has 2 aliphatic rings. The molecule has 3 aromatic rings. The molecule has 28 heavy (non-hydrogen) atoms. The van der Waals surface area contributed by atoms with E-state index in [1.807, 2.05) is 42.5 Å². The quantitative estimate of drug-likeness (QED) is 0.650. The van der Waals surface area contributed by atoms with E-state index in [2.05, 4.69) is 23.2 Å². The van der Waals surface area contributed by atoms with Crippen LogP contribution in [0.15, 0.2) is 66.9 Å². The SMILES string of the molecule is O=C(Cc1ccnc(Cc2ccccc2)c1)C1(c2ccc3c(c2)OCO3)CC1. The Morgan fingerprint density at radius 3 is 2.57 bits per heavy atom. The van der Waals surface area contributed by atoms with Crippen molar-refractivity contribution in [3.63, 3.8) is 0 Å². The lowest BCUT2D eigenvalue weighted by atomic mass is 9.87. The van der Waals surface area contributed by atoms with Gasteiger partial charge in [-0.05, 0) is 53.8 Å². The molecular weight excluding hydrogens is 350 g/mol. The van der Waals surface area contributed by atoms with Crippen LogP contribution in [-0.4, -0.2) is 17.6 Å². The molecule has 4 nitrogen and oxygen atoms in total. The minimum absolute atomic E-state index is 0.251. The molecule has 0 radical (unpaired) electrons. The summed E-state index contributed by atoms with van der Waals surface area (Å²) in [6.07, 6.45) is 4.80. The Bertz CT molecular complexity index is 1030. The Morgan fingerprint density at radius 2 is 1.75 bits per heavy atom. The van der Waals surface area contributed by atoms with Gasteiger partial charge in [-0.3, -0.25) is 9.78 Å². The third kappa shape index (κ3) is 3.15. The van der Waals surface area contributed by atoms with Crippen molar-refractivity contribution in [3.05, 3.63) is 89.2 Å². The summed E-state index contributed by atoms with van der Waals surface area (Å²) in [5, 5.41) is 0. The summed E-state index contributed by atoms with van der Waals surface area (Å²) in [5.41, 5.74) is 3.91. The first-order valence-corrected chi connectivity index (χ1v) is 9.64. The molecule has 2 heterocycles. The van der Waals surface area contributed by atoms with Crippen LogP contribution >= 0.6 is 0 Å². The third-order valence-corrected chi connectivity index (χ3v) is 5.68. The molecule has 4 heteroatoms. The van der Waals surface area contributed by atoms with Crippen LogP contribution in [0.5, 0.6) is 11.5 Å². The minimum atomic E-state index is -0.371. The monoisotopic (exact) mass is 371 g/mol. The number of carbonyl (C=O) groups is 1. The Balaban J connectivity index is 1.33. The second kappa shape index (κ2) is 6.79. The average molecular weight is 371 g/mol. The number of pyridine rings is 1. The van der Waals surface area contributed by atoms with Crippen molar-refractivity contribution in [2.75, 3.05) is 6.79 Å². The Labute approximate surface area is 164 Å². The molecule has 0 spiro atoms. The van der Waals surface area contributed by atoms with Crippen LogP contribution in [0.2, 0.25) is 0 Å². The van der Waals surface area contributed by atoms with Crippen molar-refractivity contribution in [2.45, 2.75) is 31.1 Å². The largest absolute Gasteiger partial charge is 0.454 e. The number of carbonyl (C=O) groups excluding carboxylic acids is 1. The second-order valence-corrected chi connectivity index (χ2v) is 7.57. The fourth-order valence-electron chi connectivity index (χ4n) is 3.94. The first-order valence-electron chi connectivity index (χ1n) is 9.64. The van der Waals surface area contributed by atoms with E-state index in [9.17, 15) is 4.79 Å². The van der Waals surface area contributed by atoms with E-state index in [0.29, 0.717) is 6.42 Å². The number of Topliss-reactive ketones (excluding diaryl/α,β-unsaturated/α-hetero) is 1. The van der Waals surface area contributed by atoms with E-state index in [0.717, 1.165) is 47.6 Å². The van der Waals surface area contributed by atoms with Gasteiger partial charge in [0.2, 0.25) is 6.79 Å². The maximum absolute atomic E-state index is 13.2. The molecule has 1 fully saturated rings. The molecule has 0 bridgehead atoms. The fraction of sp³-hybridized carbons (Fsp3) is 0.250. The molecule has 1 saturated carbocycles. The second-order valence-electron chi connectivity index (χ2n) is 7.57. The Hall–Kier alpha value is -3.14. The van der Waals surface area contributed by atoms with Crippen LogP contribution in [0.1, 0.15) is 35.2 Å². The van der Waals surface area contributed by atoms with Gasteiger partial charge in [0.1, 0.15) is 5.78 Å². The van der Waals surface area contributed by atoms with Gasteiger partial charge >= 0.3 is 0 Å². The molecule has 1 aromatic heterocycles. The van der Waals surface area contributed by atoms with E-state index in [1.54, 1.807) is 6.20 Å². The van der Waals surface area contributed by atoms with Gasteiger partial charge in [-0.2, -0.15) is 0 Å². The van der Waals surface area contributed by atoms with Crippen LogP contribution in [0.25, 0.3) is 0 Å². The molecule has 2 aromatic carbocycles. The van der Waals surface area contributed by atoms with Crippen LogP contribution < -0.4 is 9.47 Å². The van der Waals surface area contributed by atoms with Crippen LogP contribution in [0.3, 0.4) is 0 Å². The minimum Gasteiger partial charge on any atom is -0.454 e. The predicted octanol–water partition coefficient (Wildman–Crippen LogP) is 4.24. The first-order chi connectivity index (χ1) is 13.7. The number of fused-ring (bicyclic) bond motifs is 1. The van der Waals surface area contributed by atoms with Crippen molar-refractivity contribution in [2.24, 2.45) is 0 Å². The average Bonchev–Trinajstić information content (AvgIpc) is 3.40. The van der Waals surface area contributed by atoms with E-state index in [1.165, 1.54) is 5.56 Å². The number of hydrogen-bond acceptors (Lipinski definition) is 4. The van der Waals surface area contributed by atoms with Crippen LogP contribution in [-0.2, 0) is 23.1 Å². The highest BCUT2D eigenvalue weighted by Crippen LogP contribution is 2.51. The number of nitrogens with zero attached hydrogens (tertiary/aromatic N) is 1. The number of benzene rings is 2. The summed E-state index contributed by atoms with van der Waals surface area (Å²) < 4.78 is 10.9. The molecule has 0 unspecified atom stereocenters. The molecule has 0 saturated heterocycles. The topological polar surface area (TPSA) is 48.4 Å². The standard InChI is InChI=1S/C24H21NO3/c26-23(24(9-10-24)19-6-7-21-22(15-19)28-16-27-21)14-18-8-11-25-20(13-18)12-17-4-2-1-3-5-17/h1-8,11,13,15H,9-10,12,14,16H2. The van der Waals surface area contributed by atoms with Crippen LogP contribution in [0, 0.1) is 0 Å². The summed E-state index contributed by atoms with van der Waals surface area (Å²) in [6.45, 7) is 0.251. The van der Waals surface area contributed by atoms with Crippen molar-refractivity contribution < 1.29 is 14.3 Å². The molecule has 140 valence electrons. The van der Waals surface area contributed by atoms with Gasteiger partial charge in [-0.25, -0.2) is 0 Å². The number of ketones is 1. The summed E-state index contributed by atoms with van der Waals surface area (Å²) >= 11 is 0. The molecule has 0 atom stereocenters. The number of rotatable bonds is 6. The number of ether oxygens (including phenoxy) is 2. The first kappa shape index (κ1) is 17.0. The third-order valence-electron chi connectivity index (χ3n) is 5.68. The molecule has 5 rings (SSSR count). The maximum Gasteiger partial charge on any atom is 0.231 e. The Morgan fingerprint density at radius 1 is 0.929 bits per heavy atom. The van der Waals surface area contributed by atoms with Gasteiger partial charge in [-0.1, -0.05) is 36.4 Å². The number of hydrogen-bond donors (Lipinski definition) is 0. The van der Waals surface area contributed by atoms with Gasteiger partial charge in [0, 0.05) is 24.7 Å². The van der Waals surface area contributed by atoms with E-state index < -0.39 is 0 Å².